The van der Waals surface area contributed by atoms with Crippen LogP contribution in [0, 0.1) is 0 Å². The minimum Gasteiger partial charge on any atom is -0.454 e. The quantitative estimate of drug-likeness (QED) is 0.176. The second-order valence-electron chi connectivity index (χ2n) is 14.4. The maximum Gasteiger partial charge on any atom is 0.164 e. The van der Waals surface area contributed by atoms with Crippen LogP contribution in [0.2, 0.25) is 0 Å². The van der Waals surface area contributed by atoms with Gasteiger partial charge in [0.15, 0.2) is 23.1 Å². The summed E-state index contributed by atoms with van der Waals surface area (Å²) in [4.78, 5) is 15.4. The van der Waals surface area contributed by atoms with E-state index in [0.29, 0.717) is 17.5 Å². The summed E-state index contributed by atoms with van der Waals surface area (Å²) in [6.07, 6.45) is 0. The molecule has 0 unspecified atom stereocenters. The van der Waals surface area contributed by atoms with E-state index in [4.69, 9.17) is 19.4 Å². The van der Waals surface area contributed by atoms with Crippen LogP contribution in [0.4, 0.5) is 0 Å². The lowest BCUT2D eigenvalue weighted by Crippen LogP contribution is -2.01. The lowest BCUT2D eigenvalue weighted by atomic mass is 9.99. The zero-order chi connectivity index (χ0) is 37.5. The third-order valence-corrected chi connectivity index (χ3v) is 12.2. The lowest BCUT2D eigenvalue weighted by molar-refractivity contribution is 0.671. The van der Waals surface area contributed by atoms with Crippen LogP contribution >= 0.6 is 11.3 Å². The highest BCUT2D eigenvalue weighted by Crippen LogP contribution is 2.43. The van der Waals surface area contributed by atoms with Gasteiger partial charge in [0, 0.05) is 64.1 Å². The van der Waals surface area contributed by atoms with Crippen LogP contribution in [-0.4, -0.2) is 19.5 Å². The maximum atomic E-state index is 6.63. The van der Waals surface area contributed by atoms with E-state index in [0.717, 1.165) is 60.7 Å². The van der Waals surface area contributed by atoms with Crippen LogP contribution in [-0.2, 0) is 0 Å². The van der Waals surface area contributed by atoms with Gasteiger partial charge in [-0.1, -0.05) is 140 Å². The average Bonchev–Trinajstić information content (AvgIpc) is 3.96. The Hall–Kier alpha value is -7.41. The highest BCUT2D eigenvalue weighted by atomic mass is 32.1. The molecule has 12 aromatic rings. The van der Waals surface area contributed by atoms with E-state index in [1.165, 1.54) is 36.7 Å². The van der Waals surface area contributed by atoms with Crippen molar-refractivity contribution in [3.8, 4) is 51.0 Å². The van der Waals surface area contributed by atoms with E-state index < -0.39 is 0 Å². The number of aromatic nitrogens is 4. The molecule has 57 heavy (non-hydrogen) atoms. The molecule has 0 fully saturated rings. The van der Waals surface area contributed by atoms with Crippen molar-refractivity contribution in [2.24, 2.45) is 0 Å². The minimum absolute atomic E-state index is 0.609. The van der Waals surface area contributed by atoms with Crippen molar-refractivity contribution < 1.29 is 4.42 Å². The van der Waals surface area contributed by atoms with Crippen LogP contribution < -0.4 is 0 Å². The Bertz CT molecular complexity index is 3530. The summed E-state index contributed by atoms with van der Waals surface area (Å²) in [5, 5.41) is 7.02. The highest BCUT2D eigenvalue weighted by Gasteiger charge is 2.20. The Morgan fingerprint density at radius 2 is 1.05 bits per heavy atom. The van der Waals surface area contributed by atoms with Gasteiger partial charge in [-0.15, -0.1) is 11.3 Å². The number of hydrogen-bond acceptors (Lipinski definition) is 5. The molecule has 0 amide bonds. The van der Waals surface area contributed by atoms with Crippen molar-refractivity contribution in [2.75, 3.05) is 0 Å². The number of hydrogen-bond donors (Lipinski definition) is 0. The third-order valence-electron chi connectivity index (χ3n) is 11.0. The molecule has 4 heterocycles. The predicted octanol–water partition coefficient (Wildman–Crippen LogP) is 13.9. The Labute approximate surface area is 330 Å². The van der Waals surface area contributed by atoms with Crippen molar-refractivity contribution >= 4 is 75.3 Å². The Balaban J connectivity index is 1.05. The largest absolute Gasteiger partial charge is 0.454 e. The van der Waals surface area contributed by atoms with E-state index in [1.807, 2.05) is 30.3 Å². The standard InChI is InChI=1S/C51H30N4OS/c1-3-13-31(14-4-1)36-21-12-24-44-46(36)41-26-25-34(30-45(41)57-44)51-53-49(32-15-5-2-6-16-32)52-50(54-51)33-17-11-18-35(29-33)55-42-22-9-7-19-37(42)39-27-28-40-38-20-8-10-23-43(38)56-48(40)47(39)55/h1-30H. The summed E-state index contributed by atoms with van der Waals surface area (Å²) in [5.74, 6) is 1.87. The Kier molecular flexibility index (Phi) is 7.03. The number of para-hydroxylation sites is 2. The first-order chi connectivity index (χ1) is 28.2. The van der Waals surface area contributed by atoms with Crippen molar-refractivity contribution in [1.82, 2.24) is 19.5 Å². The van der Waals surface area contributed by atoms with Gasteiger partial charge in [-0.25, -0.2) is 15.0 Å². The van der Waals surface area contributed by atoms with Gasteiger partial charge in [0.05, 0.1) is 11.0 Å². The number of benzene rings is 8. The summed E-state index contributed by atoms with van der Waals surface area (Å²) >= 11 is 1.80. The van der Waals surface area contributed by atoms with Gasteiger partial charge in [0.2, 0.25) is 0 Å². The molecule has 0 atom stereocenters. The van der Waals surface area contributed by atoms with Crippen molar-refractivity contribution in [3.63, 3.8) is 0 Å². The molecule has 0 aliphatic rings. The molecule has 0 bridgehead atoms. The van der Waals surface area contributed by atoms with Gasteiger partial charge >= 0.3 is 0 Å². The van der Waals surface area contributed by atoms with E-state index >= 15 is 0 Å². The molecule has 0 saturated heterocycles. The second kappa shape index (κ2) is 12.6. The fourth-order valence-corrected chi connectivity index (χ4v) is 9.63. The van der Waals surface area contributed by atoms with E-state index in [2.05, 4.69) is 156 Å². The summed E-state index contributed by atoms with van der Waals surface area (Å²) in [5.41, 5.74) is 10.1. The van der Waals surface area contributed by atoms with Crippen LogP contribution in [0.25, 0.3) is 115 Å². The molecule has 266 valence electrons. The molecule has 6 heteroatoms. The summed E-state index contributed by atoms with van der Waals surface area (Å²) in [6.45, 7) is 0. The normalized spacial score (nSPS) is 11.9. The first kappa shape index (κ1) is 31.9. The van der Waals surface area contributed by atoms with Crippen LogP contribution in [0.5, 0.6) is 0 Å². The number of furan rings is 1. The smallest absolute Gasteiger partial charge is 0.164 e. The molecular weight excluding hydrogens is 717 g/mol. The number of rotatable bonds is 5. The van der Waals surface area contributed by atoms with Crippen molar-refractivity contribution in [1.29, 1.82) is 0 Å². The van der Waals surface area contributed by atoms with Crippen molar-refractivity contribution in [2.45, 2.75) is 0 Å². The lowest BCUT2D eigenvalue weighted by Gasteiger charge is -2.12. The molecule has 4 aromatic heterocycles. The molecule has 0 spiro atoms. The predicted molar refractivity (Wildman–Crippen MR) is 236 cm³/mol. The molecule has 8 aromatic carbocycles. The molecule has 0 radical (unpaired) electrons. The molecule has 0 N–H and O–H groups in total. The van der Waals surface area contributed by atoms with Gasteiger partial charge in [0.1, 0.15) is 5.58 Å². The van der Waals surface area contributed by atoms with Gasteiger partial charge in [-0.05, 0) is 53.6 Å². The van der Waals surface area contributed by atoms with Gasteiger partial charge in [0.25, 0.3) is 0 Å². The summed E-state index contributed by atoms with van der Waals surface area (Å²) in [6, 6.07) is 63.7. The SMILES string of the molecule is c1ccc(-c2nc(-c3cccc(-n4c5ccccc5c5ccc6c7ccccc7oc6c54)c3)nc(-c3ccc4c(c3)sc3cccc(-c5ccccc5)c34)n2)cc1. The molecule has 0 aliphatic carbocycles. The topological polar surface area (TPSA) is 56.7 Å². The fourth-order valence-electron chi connectivity index (χ4n) is 8.46. The van der Waals surface area contributed by atoms with Crippen LogP contribution in [0.1, 0.15) is 0 Å². The average molecular weight is 747 g/mol. The summed E-state index contributed by atoms with van der Waals surface area (Å²) in [7, 11) is 0. The second-order valence-corrected chi connectivity index (χ2v) is 15.5. The Morgan fingerprint density at radius 1 is 0.421 bits per heavy atom. The number of nitrogens with zero attached hydrogens (tertiary/aromatic N) is 4. The number of thiophene rings is 1. The first-order valence-corrected chi connectivity index (χ1v) is 19.8. The molecular formula is C51H30N4OS. The summed E-state index contributed by atoms with van der Waals surface area (Å²) < 4.78 is 11.4. The first-order valence-electron chi connectivity index (χ1n) is 19.0. The molecule has 12 rings (SSSR count). The number of fused-ring (bicyclic) bond motifs is 10. The molecule has 0 saturated carbocycles. The van der Waals surface area contributed by atoms with Crippen LogP contribution in [0.3, 0.4) is 0 Å². The van der Waals surface area contributed by atoms with E-state index in [1.54, 1.807) is 11.3 Å². The minimum atomic E-state index is 0.609. The maximum absolute atomic E-state index is 6.63. The third kappa shape index (κ3) is 5.04. The van der Waals surface area contributed by atoms with Gasteiger partial charge < -0.3 is 8.98 Å². The fraction of sp³-hybridized carbons (Fsp3) is 0. The van der Waals surface area contributed by atoms with Crippen molar-refractivity contribution in [3.05, 3.63) is 182 Å². The Morgan fingerprint density at radius 3 is 1.88 bits per heavy atom. The van der Waals surface area contributed by atoms with E-state index in [9.17, 15) is 0 Å². The van der Waals surface area contributed by atoms with E-state index in [-0.39, 0.29) is 0 Å². The zero-order valence-electron chi connectivity index (χ0n) is 30.4. The highest BCUT2D eigenvalue weighted by molar-refractivity contribution is 7.26. The molecule has 5 nitrogen and oxygen atoms in total. The van der Waals surface area contributed by atoms with Gasteiger partial charge in [-0.3, -0.25) is 0 Å². The van der Waals surface area contributed by atoms with Gasteiger partial charge in [-0.2, -0.15) is 0 Å². The molecule has 0 aliphatic heterocycles. The zero-order valence-corrected chi connectivity index (χ0v) is 31.2. The monoisotopic (exact) mass is 746 g/mol. The van der Waals surface area contributed by atoms with Crippen LogP contribution in [0.15, 0.2) is 186 Å².